The number of amides is 1. The van der Waals surface area contributed by atoms with E-state index in [9.17, 15) is 4.79 Å². The Morgan fingerprint density at radius 1 is 1.15 bits per heavy atom. The number of nitrogens with one attached hydrogen (secondary N) is 1. The summed E-state index contributed by atoms with van der Waals surface area (Å²) in [5.74, 6) is 1.65. The monoisotopic (exact) mass is 433 g/mol. The van der Waals surface area contributed by atoms with E-state index in [4.69, 9.17) is 9.15 Å². The van der Waals surface area contributed by atoms with Gasteiger partial charge >= 0.3 is 6.01 Å². The highest BCUT2D eigenvalue weighted by Gasteiger charge is 2.11. The van der Waals surface area contributed by atoms with E-state index in [2.05, 4.69) is 31.4 Å². The van der Waals surface area contributed by atoms with Crippen molar-refractivity contribution in [3.8, 4) is 17.2 Å². The fourth-order valence-corrected chi connectivity index (χ4v) is 3.21. The van der Waals surface area contributed by atoms with Gasteiger partial charge in [0.2, 0.25) is 11.8 Å². The zero-order valence-electron chi connectivity index (χ0n) is 13.9. The fourth-order valence-electron chi connectivity index (χ4n) is 2.10. The lowest BCUT2D eigenvalue weighted by Gasteiger charge is -2.03. The first-order chi connectivity index (χ1) is 12.6. The maximum atomic E-state index is 12.0. The van der Waals surface area contributed by atoms with Gasteiger partial charge in [-0.25, -0.2) is 0 Å². The maximum Gasteiger partial charge on any atom is 0.322 e. The van der Waals surface area contributed by atoms with Crippen LogP contribution in [0.25, 0.3) is 11.5 Å². The van der Waals surface area contributed by atoms with Crippen molar-refractivity contribution in [2.75, 3.05) is 18.2 Å². The molecule has 6 nitrogen and oxygen atoms in total. The van der Waals surface area contributed by atoms with Crippen LogP contribution in [-0.4, -0.2) is 29.0 Å². The number of nitrogens with zero attached hydrogens (tertiary/aromatic N) is 2. The molecule has 0 radical (unpaired) electrons. The molecule has 134 valence electrons. The Balaban J connectivity index is 1.48. The molecular weight excluding hydrogens is 418 g/mol. The van der Waals surface area contributed by atoms with Crippen LogP contribution in [0.2, 0.25) is 0 Å². The lowest BCUT2D eigenvalue weighted by molar-refractivity contribution is -0.115. The molecule has 0 fully saturated rings. The highest BCUT2D eigenvalue weighted by Crippen LogP contribution is 2.23. The minimum atomic E-state index is -0.169. The maximum absolute atomic E-state index is 12.0. The van der Waals surface area contributed by atoms with Gasteiger partial charge in [0.05, 0.1) is 7.11 Å². The van der Waals surface area contributed by atoms with Crippen LogP contribution in [0.4, 0.5) is 6.01 Å². The number of rotatable bonds is 7. The average Bonchev–Trinajstić information content (AvgIpc) is 3.11. The van der Waals surface area contributed by atoms with Crippen molar-refractivity contribution < 1.29 is 13.9 Å². The van der Waals surface area contributed by atoms with Crippen LogP contribution in [0.5, 0.6) is 5.75 Å². The molecule has 0 saturated carbocycles. The van der Waals surface area contributed by atoms with E-state index in [1.807, 2.05) is 48.5 Å². The van der Waals surface area contributed by atoms with E-state index < -0.39 is 0 Å². The predicted octanol–water partition coefficient (Wildman–Crippen LogP) is 4.63. The van der Waals surface area contributed by atoms with Gasteiger partial charge in [-0.3, -0.25) is 10.1 Å². The molecule has 0 aliphatic carbocycles. The molecule has 0 unspecified atom stereocenters. The third kappa shape index (κ3) is 5.09. The van der Waals surface area contributed by atoms with E-state index in [1.165, 1.54) is 0 Å². The zero-order chi connectivity index (χ0) is 18.4. The van der Waals surface area contributed by atoms with Crippen LogP contribution in [-0.2, 0) is 4.79 Å². The topological polar surface area (TPSA) is 77.2 Å². The number of halogens is 1. The van der Waals surface area contributed by atoms with Crippen molar-refractivity contribution in [3.05, 3.63) is 53.0 Å². The molecule has 0 saturated heterocycles. The van der Waals surface area contributed by atoms with Crippen molar-refractivity contribution >= 4 is 39.6 Å². The molecule has 0 atom stereocenters. The van der Waals surface area contributed by atoms with Gasteiger partial charge in [-0.1, -0.05) is 21.0 Å². The Morgan fingerprint density at radius 2 is 1.88 bits per heavy atom. The molecule has 26 heavy (non-hydrogen) atoms. The Bertz CT molecular complexity index is 866. The van der Waals surface area contributed by atoms with E-state index in [-0.39, 0.29) is 11.9 Å². The smallest absolute Gasteiger partial charge is 0.322 e. The first-order valence-corrected chi connectivity index (χ1v) is 9.58. The summed E-state index contributed by atoms with van der Waals surface area (Å²) in [4.78, 5) is 13.1. The zero-order valence-corrected chi connectivity index (χ0v) is 16.3. The van der Waals surface area contributed by atoms with Crippen LogP contribution < -0.4 is 10.1 Å². The summed E-state index contributed by atoms with van der Waals surface area (Å²) in [5, 5.41) is 10.4. The first kappa shape index (κ1) is 18.5. The van der Waals surface area contributed by atoms with Crippen molar-refractivity contribution in [1.82, 2.24) is 10.2 Å². The number of hydrogen-bond acceptors (Lipinski definition) is 6. The van der Waals surface area contributed by atoms with Crippen LogP contribution >= 0.6 is 27.7 Å². The number of ether oxygens (including phenoxy) is 1. The highest BCUT2D eigenvalue weighted by molar-refractivity contribution is 9.10. The van der Waals surface area contributed by atoms with Gasteiger partial charge in [0.25, 0.3) is 0 Å². The summed E-state index contributed by atoms with van der Waals surface area (Å²) in [7, 11) is 1.63. The number of methoxy groups -OCH3 is 1. The van der Waals surface area contributed by atoms with Gasteiger partial charge < -0.3 is 9.15 Å². The van der Waals surface area contributed by atoms with Crippen LogP contribution in [0, 0.1) is 0 Å². The van der Waals surface area contributed by atoms with Crippen molar-refractivity contribution in [2.45, 2.75) is 11.3 Å². The molecule has 0 spiro atoms. The largest absolute Gasteiger partial charge is 0.497 e. The number of carbonyl (C=O) groups is 1. The van der Waals surface area contributed by atoms with Gasteiger partial charge in [-0.2, -0.15) is 0 Å². The number of hydrogen-bond donors (Lipinski definition) is 1. The highest BCUT2D eigenvalue weighted by atomic mass is 79.9. The van der Waals surface area contributed by atoms with Crippen molar-refractivity contribution in [2.24, 2.45) is 0 Å². The van der Waals surface area contributed by atoms with Gasteiger partial charge in [-0.15, -0.1) is 16.9 Å². The van der Waals surface area contributed by atoms with E-state index in [0.29, 0.717) is 18.1 Å². The molecule has 0 bridgehead atoms. The van der Waals surface area contributed by atoms with Crippen molar-refractivity contribution in [1.29, 1.82) is 0 Å². The van der Waals surface area contributed by atoms with Gasteiger partial charge in [0.1, 0.15) is 5.75 Å². The second-order valence-electron chi connectivity index (χ2n) is 5.24. The second-order valence-corrected chi connectivity index (χ2v) is 7.33. The summed E-state index contributed by atoms with van der Waals surface area (Å²) in [5.41, 5.74) is 0.788. The molecule has 8 heteroatoms. The lowest BCUT2D eigenvalue weighted by Crippen LogP contribution is -2.12. The second kappa shape index (κ2) is 8.86. The molecule has 1 amide bonds. The van der Waals surface area contributed by atoms with Gasteiger partial charge in [0.15, 0.2) is 0 Å². The van der Waals surface area contributed by atoms with E-state index in [0.717, 1.165) is 20.7 Å². The Hall–Kier alpha value is -2.32. The van der Waals surface area contributed by atoms with Crippen molar-refractivity contribution in [3.63, 3.8) is 0 Å². The predicted molar refractivity (Wildman–Crippen MR) is 104 cm³/mol. The first-order valence-electron chi connectivity index (χ1n) is 7.80. The van der Waals surface area contributed by atoms with Crippen LogP contribution in [0.1, 0.15) is 6.42 Å². The average molecular weight is 434 g/mol. The fraction of sp³-hybridized carbons (Fsp3) is 0.167. The Labute approximate surface area is 163 Å². The molecule has 2 aromatic carbocycles. The number of aromatic nitrogens is 2. The minimum absolute atomic E-state index is 0.0994. The number of thioether (sulfide) groups is 1. The molecule has 1 N–H and O–H groups in total. The number of benzene rings is 2. The normalized spacial score (nSPS) is 10.5. The summed E-state index contributed by atoms with van der Waals surface area (Å²) in [6.45, 7) is 0. The standard InChI is InChI=1S/C18H16BrN3O3S/c1-24-14-6-8-15(9-7-14)26-11-10-16(23)20-18-22-21-17(25-18)12-2-4-13(19)5-3-12/h2-9H,10-11H2,1H3,(H,20,22,23). The van der Waals surface area contributed by atoms with Gasteiger partial charge in [0, 0.05) is 27.1 Å². The lowest BCUT2D eigenvalue weighted by atomic mass is 10.2. The molecule has 3 rings (SSSR count). The SMILES string of the molecule is COc1ccc(SCCC(=O)Nc2nnc(-c3ccc(Br)cc3)o2)cc1. The number of anilines is 1. The third-order valence-electron chi connectivity index (χ3n) is 3.42. The molecule has 1 aromatic heterocycles. The molecular formula is C18H16BrN3O3S. The summed E-state index contributed by atoms with van der Waals surface area (Å²) >= 11 is 4.97. The molecule has 3 aromatic rings. The number of carbonyl (C=O) groups excluding carboxylic acids is 1. The van der Waals surface area contributed by atoms with Gasteiger partial charge in [-0.05, 0) is 48.5 Å². The van der Waals surface area contributed by atoms with E-state index >= 15 is 0 Å². The summed E-state index contributed by atoms with van der Waals surface area (Å²) in [6, 6.07) is 15.3. The van der Waals surface area contributed by atoms with Crippen LogP contribution in [0.15, 0.2) is 62.3 Å². The molecule has 1 heterocycles. The quantitative estimate of drug-likeness (QED) is 0.547. The summed E-state index contributed by atoms with van der Waals surface area (Å²) < 4.78 is 11.6. The third-order valence-corrected chi connectivity index (χ3v) is 4.96. The summed E-state index contributed by atoms with van der Waals surface area (Å²) in [6.07, 6.45) is 0.340. The van der Waals surface area contributed by atoms with E-state index in [1.54, 1.807) is 18.9 Å². The molecule has 0 aliphatic rings. The Kier molecular flexibility index (Phi) is 6.30. The Morgan fingerprint density at radius 3 is 2.58 bits per heavy atom. The molecule has 0 aliphatic heterocycles. The van der Waals surface area contributed by atoms with Crippen LogP contribution in [0.3, 0.4) is 0 Å². The minimum Gasteiger partial charge on any atom is -0.497 e.